The largest absolute Gasteiger partial charge is 0.352 e. The lowest BCUT2D eigenvalue weighted by Gasteiger charge is -2.15. The van der Waals surface area contributed by atoms with Gasteiger partial charge in [-0.25, -0.2) is 4.98 Å². The molecule has 1 aliphatic heterocycles. The average molecular weight is 386 g/mol. The molecule has 3 rings (SSSR count). The standard InChI is InChI=1S/C21H31N5S/c1-16(2)19-15-27-20(25-19)13-24-21(22-3)23-12-17-6-8-18(9-7-17)14-26-10-4-5-11-26/h6-9,15-16H,4-5,10-14H2,1-3H3,(H2,22,23,24). The van der Waals surface area contributed by atoms with Crippen LogP contribution < -0.4 is 10.6 Å². The number of aromatic nitrogens is 1. The average Bonchev–Trinajstić information content (AvgIpc) is 3.35. The second-order valence-corrected chi connectivity index (χ2v) is 8.34. The molecule has 1 aromatic heterocycles. The van der Waals surface area contributed by atoms with Crippen molar-refractivity contribution in [3.05, 3.63) is 51.5 Å². The van der Waals surface area contributed by atoms with E-state index in [1.807, 2.05) is 0 Å². The van der Waals surface area contributed by atoms with Crippen LogP contribution in [0, 0.1) is 0 Å². The van der Waals surface area contributed by atoms with E-state index in [4.69, 9.17) is 0 Å². The van der Waals surface area contributed by atoms with Crippen molar-refractivity contribution in [2.24, 2.45) is 4.99 Å². The molecule has 2 aromatic rings. The third-order valence-electron chi connectivity index (χ3n) is 4.88. The lowest BCUT2D eigenvalue weighted by molar-refractivity contribution is 0.331. The van der Waals surface area contributed by atoms with Crippen LogP contribution in [0.5, 0.6) is 0 Å². The molecule has 0 unspecified atom stereocenters. The van der Waals surface area contributed by atoms with Gasteiger partial charge in [0, 0.05) is 25.5 Å². The molecule has 0 spiro atoms. The quantitative estimate of drug-likeness (QED) is 0.563. The minimum atomic E-state index is 0.473. The summed E-state index contributed by atoms with van der Waals surface area (Å²) in [6.45, 7) is 9.35. The summed E-state index contributed by atoms with van der Waals surface area (Å²) in [6, 6.07) is 8.91. The Balaban J connectivity index is 1.44. The minimum Gasteiger partial charge on any atom is -0.352 e. The molecule has 0 atom stereocenters. The number of aliphatic imine (C=N–C) groups is 1. The van der Waals surface area contributed by atoms with E-state index in [9.17, 15) is 0 Å². The summed E-state index contributed by atoms with van der Waals surface area (Å²) in [7, 11) is 1.80. The third kappa shape index (κ3) is 6.04. The smallest absolute Gasteiger partial charge is 0.191 e. The van der Waals surface area contributed by atoms with Crippen LogP contribution in [-0.4, -0.2) is 36.0 Å². The van der Waals surface area contributed by atoms with Crippen molar-refractivity contribution in [1.82, 2.24) is 20.5 Å². The first-order valence-electron chi connectivity index (χ1n) is 9.83. The van der Waals surface area contributed by atoms with E-state index < -0.39 is 0 Å². The van der Waals surface area contributed by atoms with Crippen molar-refractivity contribution >= 4 is 17.3 Å². The molecule has 1 aliphatic rings. The van der Waals surface area contributed by atoms with Crippen LogP contribution in [0.4, 0.5) is 0 Å². The van der Waals surface area contributed by atoms with Gasteiger partial charge in [0.05, 0.1) is 12.2 Å². The fraction of sp³-hybridized carbons (Fsp3) is 0.524. The van der Waals surface area contributed by atoms with Gasteiger partial charge in [-0.2, -0.15) is 0 Å². The van der Waals surface area contributed by atoms with Gasteiger partial charge in [0.25, 0.3) is 0 Å². The van der Waals surface area contributed by atoms with Crippen LogP contribution in [0.3, 0.4) is 0 Å². The maximum atomic E-state index is 4.66. The van der Waals surface area contributed by atoms with Crippen LogP contribution >= 0.6 is 11.3 Å². The van der Waals surface area contributed by atoms with Crippen molar-refractivity contribution in [3.8, 4) is 0 Å². The highest BCUT2D eigenvalue weighted by Gasteiger charge is 2.11. The molecule has 0 radical (unpaired) electrons. The molecule has 0 saturated carbocycles. The maximum absolute atomic E-state index is 4.66. The summed E-state index contributed by atoms with van der Waals surface area (Å²) in [5.74, 6) is 1.28. The Hall–Kier alpha value is -1.92. The first-order chi connectivity index (χ1) is 13.1. The molecule has 0 aliphatic carbocycles. The number of guanidine groups is 1. The number of hydrogen-bond acceptors (Lipinski definition) is 4. The zero-order valence-electron chi connectivity index (χ0n) is 16.7. The van der Waals surface area contributed by atoms with Gasteiger partial charge in [-0.15, -0.1) is 11.3 Å². The molecule has 5 nitrogen and oxygen atoms in total. The SMILES string of the molecule is CN=C(NCc1ccc(CN2CCCC2)cc1)NCc1nc(C(C)C)cs1. The van der Waals surface area contributed by atoms with E-state index in [0.717, 1.165) is 29.8 Å². The van der Waals surface area contributed by atoms with Gasteiger partial charge < -0.3 is 10.6 Å². The summed E-state index contributed by atoms with van der Waals surface area (Å²) in [5.41, 5.74) is 3.82. The lowest BCUT2D eigenvalue weighted by Crippen LogP contribution is -2.36. The van der Waals surface area contributed by atoms with Crippen LogP contribution in [0.1, 0.15) is 54.4 Å². The molecule has 2 heterocycles. The Labute approximate surface area is 166 Å². The molecule has 2 N–H and O–H groups in total. The van der Waals surface area contributed by atoms with E-state index in [1.165, 1.54) is 37.1 Å². The maximum Gasteiger partial charge on any atom is 0.191 e. The fourth-order valence-electron chi connectivity index (χ4n) is 3.20. The Morgan fingerprint density at radius 3 is 2.41 bits per heavy atom. The summed E-state index contributed by atoms with van der Waals surface area (Å²) in [6.07, 6.45) is 2.68. The fourth-order valence-corrected chi connectivity index (χ4v) is 4.09. The number of thiazole rings is 1. The van der Waals surface area contributed by atoms with Crippen molar-refractivity contribution in [3.63, 3.8) is 0 Å². The van der Waals surface area contributed by atoms with E-state index >= 15 is 0 Å². The Morgan fingerprint density at radius 2 is 1.78 bits per heavy atom. The molecule has 27 heavy (non-hydrogen) atoms. The third-order valence-corrected chi connectivity index (χ3v) is 5.75. The van der Waals surface area contributed by atoms with Crippen LogP contribution in [0.2, 0.25) is 0 Å². The van der Waals surface area contributed by atoms with Crippen molar-refractivity contribution in [1.29, 1.82) is 0 Å². The zero-order chi connectivity index (χ0) is 19.1. The highest BCUT2D eigenvalue weighted by molar-refractivity contribution is 7.09. The summed E-state index contributed by atoms with van der Waals surface area (Å²) < 4.78 is 0. The normalized spacial score (nSPS) is 15.5. The molecule has 6 heteroatoms. The lowest BCUT2D eigenvalue weighted by atomic mass is 10.1. The van der Waals surface area contributed by atoms with E-state index in [2.05, 4.69) is 69.0 Å². The van der Waals surface area contributed by atoms with Gasteiger partial charge in [-0.05, 0) is 43.0 Å². The first kappa shape index (κ1) is 19.8. The molecule has 1 aromatic carbocycles. The monoisotopic (exact) mass is 385 g/mol. The molecule has 146 valence electrons. The number of hydrogen-bond donors (Lipinski definition) is 2. The summed E-state index contributed by atoms with van der Waals surface area (Å²) in [5, 5.41) is 9.96. The molecule has 1 fully saturated rings. The van der Waals surface area contributed by atoms with Crippen LogP contribution in [0.25, 0.3) is 0 Å². The summed E-state index contributed by atoms with van der Waals surface area (Å²) in [4.78, 5) is 11.5. The number of benzene rings is 1. The van der Waals surface area contributed by atoms with E-state index in [1.54, 1.807) is 18.4 Å². The Kier molecular flexibility index (Phi) is 7.24. The van der Waals surface area contributed by atoms with Crippen molar-refractivity contribution in [2.45, 2.75) is 52.2 Å². The van der Waals surface area contributed by atoms with Gasteiger partial charge in [-0.1, -0.05) is 38.1 Å². The van der Waals surface area contributed by atoms with Gasteiger partial charge in [0.1, 0.15) is 5.01 Å². The first-order valence-corrected chi connectivity index (χ1v) is 10.7. The summed E-state index contributed by atoms with van der Waals surface area (Å²) >= 11 is 1.70. The molecule has 0 bridgehead atoms. The van der Waals surface area contributed by atoms with E-state index in [-0.39, 0.29) is 0 Å². The predicted octanol–water partition coefficient (Wildman–Crippen LogP) is 3.73. The second kappa shape index (κ2) is 9.85. The van der Waals surface area contributed by atoms with Crippen LogP contribution in [0.15, 0.2) is 34.6 Å². The second-order valence-electron chi connectivity index (χ2n) is 7.40. The van der Waals surface area contributed by atoms with Gasteiger partial charge in [0.2, 0.25) is 0 Å². The predicted molar refractivity (Wildman–Crippen MR) is 114 cm³/mol. The molecular weight excluding hydrogens is 354 g/mol. The number of nitrogens with zero attached hydrogens (tertiary/aromatic N) is 3. The Bertz CT molecular complexity index is 729. The Morgan fingerprint density at radius 1 is 1.11 bits per heavy atom. The van der Waals surface area contributed by atoms with E-state index in [0.29, 0.717) is 12.5 Å². The zero-order valence-corrected chi connectivity index (χ0v) is 17.5. The number of likely N-dealkylation sites (tertiary alicyclic amines) is 1. The molecule has 1 saturated heterocycles. The van der Waals surface area contributed by atoms with Crippen molar-refractivity contribution < 1.29 is 0 Å². The highest BCUT2D eigenvalue weighted by Crippen LogP contribution is 2.17. The topological polar surface area (TPSA) is 52.6 Å². The minimum absolute atomic E-state index is 0.473. The van der Waals surface area contributed by atoms with Gasteiger partial charge >= 0.3 is 0 Å². The number of nitrogens with one attached hydrogen (secondary N) is 2. The highest BCUT2D eigenvalue weighted by atomic mass is 32.1. The van der Waals surface area contributed by atoms with Gasteiger partial charge in [0.15, 0.2) is 5.96 Å². The molecule has 0 amide bonds. The van der Waals surface area contributed by atoms with Crippen LogP contribution in [-0.2, 0) is 19.6 Å². The number of rotatable bonds is 7. The van der Waals surface area contributed by atoms with Crippen molar-refractivity contribution in [2.75, 3.05) is 20.1 Å². The molecular formula is C21H31N5S. The van der Waals surface area contributed by atoms with Gasteiger partial charge in [-0.3, -0.25) is 9.89 Å².